The van der Waals surface area contributed by atoms with Crippen molar-refractivity contribution in [1.29, 1.82) is 0 Å². The van der Waals surface area contributed by atoms with E-state index in [-0.39, 0.29) is 18.0 Å². The normalized spacial score (nSPS) is 10.5. The van der Waals surface area contributed by atoms with E-state index in [0.717, 1.165) is 10.1 Å². The van der Waals surface area contributed by atoms with Crippen molar-refractivity contribution in [3.05, 3.63) is 82.5 Å². The van der Waals surface area contributed by atoms with E-state index in [2.05, 4.69) is 0 Å². The van der Waals surface area contributed by atoms with Crippen LogP contribution in [-0.4, -0.2) is 15.6 Å². The highest BCUT2D eigenvalue weighted by Gasteiger charge is 2.23. The molecule has 3 aromatic rings. The second-order valence-electron chi connectivity index (χ2n) is 4.79. The minimum Gasteiger partial charge on any atom is -0.476 e. The third-order valence-corrected chi connectivity index (χ3v) is 3.32. The van der Waals surface area contributed by atoms with Gasteiger partial charge in [0.15, 0.2) is 11.5 Å². The van der Waals surface area contributed by atoms with Crippen LogP contribution in [0.2, 0.25) is 0 Å². The predicted octanol–water partition coefficient (Wildman–Crippen LogP) is 2.85. The van der Waals surface area contributed by atoms with E-state index in [4.69, 9.17) is 4.42 Å². The van der Waals surface area contributed by atoms with E-state index < -0.39 is 11.7 Å². The third kappa shape index (κ3) is 2.56. The number of carboxylic acid groups (broad SMARTS) is 1. The van der Waals surface area contributed by atoms with Crippen LogP contribution >= 0.6 is 0 Å². The Morgan fingerprint density at radius 3 is 2.18 bits per heavy atom. The molecule has 1 N–H and O–H groups in total. The average Bonchev–Trinajstić information content (AvgIpc) is 2.86. The summed E-state index contributed by atoms with van der Waals surface area (Å²) in [6.07, 6.45) is 0. The van der Waals surface area contributed by atoms with Gasteiger partial charge in [-0.05, 0) is 5.56 Å². The van der Waals surface area contributed by atoms with Gasteiger partial charge >= 0.3 is 11.7 Å². The fourth-order valence-electron chi connectivity index (χ4n) is 2.31. The molecule has 0 saturated carbocycles. The molecule has 0 atom stereocenters. The van der Waals surface area contributed by atoms with Gasteiger partial charge in [-0.1, -0.05) is 60.7 Å². The van der Waals surface area contributed by atoms with Gasteiger partial charge in [-0.25, -0.2) is 9.59 Å². The number of nitrogens with zero attached hydrogens (tertiary/aromatic N) is 1. The Kier molecular flexibility index (Phi) is 3.62. The second kappa shape index (κ2) is 5.73. The lowest BCUT2D eigenvalue weighted by Crippen LogP contribution is -2.20. The van der Waals surface area contributed by atoms with E-state index in [1.807, 2.05) is 36.4 Å². The summed E-state index contributed by atoms with van der Waals surface area (Å²) >= 11 is 0. The maximum Gasteiger partial charge on any atom is 0.420 e. The number of aromatic nitrogens is 1. The van der Waals surface area contributed by atoms with Gasteiger partial charge in [-0.2, -0.15) is 0 Å². The first-order valence-electron chi connectivity index (χ1n) is 6.73. The van der Waals surface area contributed by atoms with E-state index in [9.17, 15) is 14.7 Å². The Bertz CT molecular complexity index is 847. The molecule has 22 heavy (non-hydrogen) atoms. The molecular formula is C17H13NO4. The van der Waals surface area contributed by atoms with Crippen molar-refractivity contribution in [2.45, 2.75) is 6.54 Å². The number of carbonyl (C=O) groups is 1. The van der Waals surface area contributed by atoms with Gasteiger partial charge in [0.2, 0.25) is 0 Å². The zero-order valence-corrected chi connectivity index (χ0v) is 11.6. The Labute approximate surface area is 126 Å². The fraction of sp³-hybridized carbons (Fsp3) is 0.0588. The lowest BCUT2D eigenvalue weighted by Gasteiger charge is -2.04. The highest BCUT2D eigenvalue weighted by molar-refractivity contribution is 5.92. The standard InChI is InChI=1S/C17H13NO4/c19-16(20)14-15(13-9-5-2-6-10-13)22-17(21)18(14)11-12-7-3-1-4-8-12/h1-10H,11H2,(H,19,20). The lowest BCUT2D eigenvalue weighted by molar-refractivity contribution is 0.0686. The highest BCUT2D eigenvalue weighted by atomic mass is 16.4. The first kappa shape index (κ1) is 13.9. The molecular weight excluding hydrogens is 282 g/mol. The molecule has 5 heteroatoms. The molecule has 0 saturated heterocycles. The van der Waals surface area contributed by atoms with Crippen molar-refractivity contribution in [3.63, 3.8) is 0 Å². The maximum atomic E-state index is 12.1. The number of hydrogen-bond acceptors (Lipinski definition) is 3. The summed E-state index contributed by atoms with van der Waals surface area (Å²) in [4.78, 5) is 23.7. The van der Waals surface area contributed by atoms with Crippen molar-refractivity contribution in [1.82, 2.24) is 4.57 Å². The Hall–Kier alpha value is -3.08. The quantitative estimate of drug-likeness (QED) is 0.803. The SMILES string of the molecule is O=C(O)c1c(-c2ccccc2)oc(=O)n1Cc1ccccc1. The number of carboxylic acids is 1. The van der Waals surface area contributed by atoms with Crippen LogP contribution in [0.5, 0.6) is 0 Å². The van der Waals surface area contributed by atoms with Crippen LogP contribution in [0.3, 0.4) is 0 Å². The third-order valence-electron chi connectivity index (χ3n) is 3.32. The molecule has 0 aliphatic heterocycles. The Balaban J connectivity index is 2.13. The van der Waals surface area contributed by atoms with Gasteiger partial charge in [0.25, 0.3) is 0 Å². The molecule has 0 amide bonds. The van der Waals surface area contributed by atoms with Crippen LogP contribution in [0.15, 0.2) is 69.9 Å². The zero-order valence-electron chi connectivity index (χ0n) is 11.6. The molecule has 0 aliphatic carbocycles. The smallest absolute Gasteiger partial charge is 0.420 e. The van der Waals surface area contributed by atoms with Gasteiger partial charge in [0, 0.05) is 5.56 Å². The summed E-state index contributed by atoms with van der Waals surface area (Å²) in [6, 6.07) is 17.9. The van der Waals surface area contributed by atoms with E-state index in [1.54, 1.807) is 24.3 Å². The summed E-state index contributed by atoms with van der Waals surface area (Å²) in [6.45, 7) is 0.150. The van der Waals surface area contributed by atoms with Crippen LogP contribution < -0.4 is 5.76 Å². The summed E-state index contributed by atoms with van der Waals surface area (Å²) in [5, 5.41) is 9.48. The van der Waals surface area contributed by atoms with Gasteiger partial charge in [-0.3, -0.25) is 4.57 Å². The van der Waals surface area contributed by atoms with E-state index in [1.165, 1.54) is 0 Å². The van der Waals surface area contributed by atoms with Crippen molar-refractivity contribution in [2.24, 2.45) is 0 Å². The van der Waals surface area contributed by atoms with Gasteiger partial charge < -0.3 is 9.52 Å². The largest absolute Gasteiger partial charge is 0.476 e. The van der Waals surface area contributed by atoms with E-state index >= 15 is 0 Å². The molecule has 1 aromatic heterocycles. The molecule has 0 unspecified atom stereocenters. The van der Waals surface area contributed by atoms with Crippen LogP contribution in [0.25, 0.3) is 11.3 Å². The molecule has 3 rings (SSSR count). The molecule has 110 valence electrons. The number of hydrogen-bond donors (Lipinski definition) is 1. The van der Waals surface area contributed by atoms with Crippen molar-refractivity contribution in [3.8, 4) is 11.3 Å². The average molecular weight is 295 g/mol. The maximum absolute atomic E-state index is 12.1. The van der Waals surface area contributed by atoms with Gasteiger partial charge in [0.1, 0.15) is 0 Å². The second-order valence-corrected chi connectivity index (χ2v) is 4.79. The fourth-order valence-corrected chi connectivity index (χ4v) is 2.31. The molecule has 0 fully saturated rings. The van der Waals surface area contributed by atoms with E-state index in [0.29, 0.717) is 5.56 Å². The number of rotatable bonds is 4. The first-order valence-corrected chi connectivity index (χ1v) is 6.73. The predicted molar refractivity (Wildman–Crippen MR) is 80.9 cm³/mol. The van der Waals surface area contributed by atoms with Crippen molar-refractivity contribution < 1.29 is 14.3 Å². The zero-order chi connectivity index (χ0) is 15.5. The molecule has 5 nitrogen and oxygen atoms in total. The summed E-state index contributed by atoms with van der Waals surface area (Å²) in [5.74, 6) is -1.80. The van der Waals surface area contributed by atoms with Crippen LogP contribution in [-0.2, 0) is 6.54 Å². The van der Waals surface area contributed by atoms with Crippen molar-refractivity contribution >= 4 is 5.97 Å². The topological polar surface area (TPSA) is 72.4 Å². The van der Waals surface area contributed by atoms with Crippen LogP contribution in [0, 0.1) is 0 Å². The van der Waals surface area contributed by atoms with Crippen LogP contribution in [0.1, 0.15) is 16.1 Å². The number of oxazole rings is 1. The van der Waals surface area contributed by atoms with Gasteiger partial charge in [-0.15, -0.1) is 0 Å². The minimum absolute atomic E-state index is 0.0778. The monoisotopic (exact) mass is 295 g/mol. The van der Waals surface area contributed by atoms with Crippen molar-refractivity contribution in [2.75, 3.05) is 0 Å². The Morgan fingerprint density at radius 1 is 1.00 bits per heavy atom. The number of aromatic carboxylic acids is 1. The lowest BCUT2D eigenvalue weighted by atomic mass is 10.1. The molecule has 0 radical (unpaired) electrons. The highest BCUT2D eigenvalue weighted by Crippen LogP contribution is 2.23. The molecule has 1 heterocycles. The van der Waals surface area contributed by atoms with Crippen LogP contribution in [0.4, 0.5) is 0 Å². The Morgan fingerprint density at radius 2 is 1.59 bits per heavy atom. The summed E-state index contributed by atoms with van der Waals surface area (Å²) < 4.78 is 6.33. The van der Waals surface area contributed by atoms with Gasteiger partial charge in [0.05, 0.1) is 6.54 Å². The summed E-state index contributed by atoms with van der Waals surface area (Å²) in [5.41, 5.74) is 1.25. The molecule has 0 bridgehead atoms. The number of benzene rings is 2. The molecule has 0 spiro atoms. The first-order chi connectivity index (χ1) is 10.7. The summed E-state index contributed by atoms with van der Waals surface area (Å²) in [7, 11) is 0. The molecule has 0 aliphatic rings. The molecule has 2 aromatic carbocycles. The minimum atomic E-state index is -1.19.